The van der Waals surface area contributed by atoms with E-state index >= 15 is 0 Å². The summed E-state index contributed by atoms with van der Waals surface area (Å²) < 4.78 is 16.2. The Hall–Kier alpha value is -3.49. The van der Waals surface area contributed by atoms with Crippen molar-refractivity contribution >= 4 is 11.8 Å². The minimum absolute atomic E-state index is 0.102. The van der Waals surface area contributed by atoms with Crippen LogP contribution in [0.2, 0.25) is 0 Å². The predicted molar refractivity (Wildman–Crippen MR) is 118 cm³/mol. The fraction of sp³-hybridized carbons (Fsp3) is 0.391. The highest BCUT2D eigenvalue weighted by molar-refractivity contribution is 5.75. The Kier molecular flexibility index (Phi) is 5.70. The Labute approximate surface area is 186 Å². The molecule has 166 valence electrons. The molecule has 1 saturated carbocycles. The first kappa shape index (κ1) is 20.4. The number of benzene rings is 1. The molecule has 5 rings (SSSR count). The quantitative estimate of drug-likeness (QED) is 0.644. The van der Waals surface area contributed by atoms with E-state index in [4.69, 9.17) is 0 Å². The van der Waals surface area contributed by atoms with Crippen LogP contribution in [0.3, 0.4) is 0 Å². The topological polar surface area (TPSA) is 79.2 Å². The van der Waals surface area contributed by atoms with Crippen molar-refractivity contribution in [2.75, 3.05) is 18.0 Å². The molecule has 3 heterocycles. The number of carbonyl (C=O) groups is 1. The van der Waals surface area contributed by atoms with Gasteiger partial charge in [-0.15, -0.1) is 5.10 Å². The van der Waals surface area contributed by atoms with Crippen LogP contribution in [0, 0.1) is 5.82 Å². The molecular formula is C23H26FN7O. The molecule has 32 heavy (non-hydrogen) atoms. The Morgan fingerprint density at radius 3 is 2.78 bits per heavy atom. The highest BCUT2D eigenvalue weighted by Crippen LogP contribution is 2.32. The van der Waals surface area contributed by atoms with Crippen LogP contribution >= 0.6 is 0 Å². The summed E-state index contributed by atoms with van der Waals surface area (Å²) in [5.41, 5.74) is 1.10. The minimum atomic E-state index is -0.359. The maximum atomic E-state index is 14.6. The summed E-state index contributed by atoms with van der Waals surface area (Å²) in [6, 6.07) is 10.8. The standard InChI is InChI=1S/C23H26FN7O/c24-21-14-19(30-13-3-11-27-30)7-6-17(21)15-25-23(32)31(18-8-9-18)20-4-2-12-29(16-20)22-5-1-10-26-28-22/h1,3,5-7,10-11,13-14,18,20H,2,4,8-9,12,15-16H2,(H,25,32)/t20-/m1/s1. The second-order valence-corrected chi connectivity index (χ2v) is 8.35. The van der Waals surface area contributed by atoms with Crippen LogP contribution in [0.4, 0.5) is 15.0 Å². The SMILES string of the molecule is O=C(NCc1ccc(-n2cccn2)cc1F)N(C1CC1)[C@@H]1CCCN(c2cccnn2)C1. The van der Waals surface area contributed by atoms with Crippen molar-refractivity contribution < 1.29 is 9.18 Å². The molecule has 2 aliphatic rings. The third-order valence-electron chi connectivity index (χ3n) is 6.08. The molecule has 2 aromatic heterocycles. The molecule has 8 nitrogen and oxygen atoms in total. The van der Waals surface area contributed by atoms with Crippen molar-refractivity contribution in [3.05, 3.63) is 66.4 Å². The van der Waals surface area contributed by atoms with Crippen LogP contribution in [0.5, 0.6) is 0 Å². The van der Waals surface area contributed by atoms with Crippen LogP contribution < -0.4 is 10.2 Å². The van der Waals surface area contributed by atoms with E-state index in [-0.39, 0.29) is 30.5 Å². The van der Waals surface area contributed by atoms with Gasteiger partial charge in [-0.3, -0.25) is 0 Å². The summed E-state index contributed by atoms with van der Waals surface area (Å²) in [5, 5.41) is 15.3. The second-order valence-electron chi connectivity index (χ2n) is 8.35. The average molecular weight is 436 g/mol. The van der Waals surface area contributed by atoms with Gasteiger partial charge in [0.2, 0.25) is 0 Å². The number of carbonyl (C=O) groups excluding carboxylic acids is 1. The van der Waals surface area contributed by atoms with Gasteiger partial charge in [0.15, 0.2) is 5.82 Å². The monoisotopic (exact) mass is 435 g/mol. The van der Waals surface area contributed by atoms with Gasteiger partial charge in [0.1, 0.15) is 5.82 Å². The third-order valence-corrected chi connectivity index (χ3v) is 6.08. The van der Waals surface area contributed by atoms with Crippen LogP contribution in [0.25, 0.3) is 5.69 Å². The van der Waals surface area contributed by atoms with E-state index in [2.05, 4.69) is 25.5 Å². The number of nitrogens with one attached hydrogen (secondary N) is 1. The number of piperidine rings is 1. The molecule has 1 aliphatic heterocycles. The maximum Gasteiger partial charge on any atom is 0.318 e. The molecule has 9 heteroatoms. The first-order valence-electron chi connectivity index (χ1n) is 11.1. The van der Waals surface area contributed by atoms with Gasteiger partial charge >= 0.3 is 6.03 Å². The van der Waals surface area contributed by atoms with Crippen molar-refractivity contribution in [2.24, 2.45) is 0 Å². The van der Waals surface area contributed by atoms with Gasteiger partial charge in [-0.05, 0) is 56.0 Å². The highest BCUT2D eigenvalue weighted by atomic mass is 19.1. The van der Waals surface area contributed by atoms with E-state index in [0.717, 1.165) is 44.6 Å². The zero-order valence-corrected chi connectivity index (χ0v) is 17.8. The van der Waals surface area contributed by atoms with Crippen molar-refractivity contribution in [2.45, 2.75) is 44.3 Å². The molecule has 1 N–H and O–H groups in total. The highest BCUT2D eigenvalue weighted by Gasteiger charge is 2.39. The summed E-state index contributed by atoms with van der Waals surface area (Å²) in [7, 11) is 0. The van der Waals surface area contributed by atoms with Gasteiger partial charge in [0.25, 0.3) is 0 Å². The summed E-state index contributed by atoms with van der Waals surface area (Å²) in [5.74, 6) is 0.482. The second kappa shape index (κ2) is 8.94. The zero-order chi connectivity index (χ0) is 21.9. The lowest BCUT2D eigenvalue weighted by Crippen LogP contribution is -2.54. The molecule has 1 aliphatic carbocycles. The molecule has 0 spiro atoms. The van der Waals surface area contributed by atoms with E-state index in [9.17, 15) is 9.18 Å². The summed E-state index contributed by atoms with van der Waals surface area (Å²) >= 11 is 0. The number of anilines is 1. The fourth-order valence-electron chi connectivity index (χ4n) is 4.34. The smallest absolute Gasteiger partial charge is 0.318 e. The first-order valence-corrected chi connectivity index (χ1v) is 11.1. The summed E-state index contributed by atoms with van der Waals surface area (Å²) in [4.78, 5) is 17.3. The third kappa shape index (κ3) is 4.42. The van der Waals surface area contributed by atoms with Crippen molar-refractivity contribution in [3.8, 4) is 5.69 Å². The van der Waals surface area contributed by atoms with Crippen LogP contribution in [0.15, 0.2) is 55.0 Å². The van der Waals surface area contributed by atoms with E-state index in [1.54, 1.807) is 41.5 Å². The number of nitrogens with zero attached hydrogens (tertiary/aromatic N) is 6. The molecule has 0 radical (unpaired) electrons. The summed E-state index contributed by atoms with van der Waals surface area (Å²) in [6.45, 7) is 1.78. The van der Waals surface area contributed by atoms with Crippen LogP contribution in [0.1, 0.15) is 31.2 Å². The molecule has 1 aromatic carbocycles. The molecule has 1 atom stereocenters. The maximum absolute atomic E-state index is 14.6. The number of aromatic nitrogens is 4. The van der Waals surface area contributed by atoms with Gasteiger partial charge in [-0.25, -0.2) is 13.9 Å². The van der Waals surface area contributed by atoms with Gasteiger partial charge in [-0.2, -0.15) is 10.2 Å². The fourth-order valence-corrected chi connectivity index (χ4v) is 4.34. The number of amides is 2. The molecule has 1 saturated heterocycles. The molecular weight excluding hydrogens is 409 g/mol. The number of urea groups is 1. The Morgan fingerprint density at radius 2 is 2.06 bits per heavy atom. The normalized spacial score (nSPS) is 18.4. The van der Waals surface area contributed by atoms with E-state index < -0.39 is 0 Å². The molecule has 2 fully saturated rings. The minimum Gasteiger partial charge on any atom is -0.353 e. The van der Waals surface area contributed by atoms with Crippen molar-refractivity contribution in [3.63, 3.8) is 0 Å². The van der Waals surface area contributed by atoms with Crippen LogP contribution in [-0.2, 0) is 6.54 Å². The Morgan fingerprint density at radius 1 is 1.16 bits per heavy atom. The Balaban J connectivity index is 1.24. The van der Waals surface area contributed by atoms with Crippen molar-refractivity contribution in [1.29, 1.82) is 0 Å². The first-order chi connectivity index (χ1) is 15.7. The van der Waals surface area contributed by atoms with E-state index in [0.29, 0.717) is 11.3 Å². The predicted octanol–water partition coefficient (Wildman–Crippen LogP) is 3.14. The number of rotatable bonds is 6. The van der Waals surface area contributed by atoms with Crippen LogP contribution in [-0.4, -0.2) is 56.1 Å². The number of hydrogen-bond acceptors (Lipinski definition) is 5. The average Bonchev–Trinajstić information content (AvgIpc) is 3.50. The van der Waals surface area contributed by atoms with Gasteiger partial charge < -0.3 is 15.1 Å². The van der Waals surface area contributed by atoms with Gasteiger partial charge in [0, 0.05) is 49.8 Å². The zero-order valence-electron chi connectivity index (χ0n) is 17.8. The molecule has 0 unspecified atom stereocenters. The lowest BCUT2D eigenvalue weighted by Gasteiger charge is -2.40. The van der Waals surface area contributed by atoms with Crippen molar-refractivity contribution in [1.82, 2.24) is 30.2 Å². The summed E-state index contributed by atoms with van der Waals surface area (Å²) in [6.07, 6.45) is 9.04. The number of hydrogen-bond donors (Lipinski definition) is 1. The molecule has 2 amide bonds. The molecule has 3 aromatic rings. The lowest BCUT2D eigenvalue weighted by molar-refractivity contribution is 0.160. The van der Waals surface area contributed by atoms with Gasteiger partial charge in [0.05, 0.1) is 11.7 Å². The largest absolute Gasteiger partial charge is 0.353 e. The molecule has 0 bridgehead atoms. The number of halogens is 1. The van der Waals surface area contributed by atoms with Gasteiger partial charge in [-0.1, -0.05) is 6.07 Å². The van der Waals surface area contributed by atoms with E-state index in [1.165, 1.54) is 6.07 Å². The van der Waals surface area contributed by atoms with E-state index in [1.807, 2.05) is 17.0 Å². The lowest BCUT2D eigenvalue weighted by atomic mass is 10.0. The Bertz CT molecular complexity index is 1060.